The number of amides is 2. The van der Waals surface area contributed by atoms with Crippen molar-refractivity contribution in [1.82, 2.24) is 9.80 Å². The molecule has 1 saturated heterocycles. The Kier molecular flexibility index (Phi) is 5.70. The Labute approximate surface area is 174 Å². The van der Waals surface area contributed by atoms with Gasteiger partial charge in [-0.15, -0.1) is 0 Å². The molecule has 1 heterocycles. The minimum absolute atomic E-state index is 0.0260. The summed E-state index contributed by atoms with van der Waals surface area (Å²) < 4.78 is 5.45. The summed E-state index contributed by atoms with van der Waals surface area (Å²) in [6.45, 7) is 1.70. The molecule has 1 N–H and O–H groups in total. The minimum Gasteiger partial charge on any atom is -0.483 e. The van der Waals surface area contributed by atoms with Gasteiger partial charge < -0.3 is 19.6 Å². The van der Waals surface area contributed by atoms with E-state index in [1.807, 2.05) is 23.1 Å². The molecular formula is C23H24N2O5. The summed E-state index contributed by atoms with van der Waals surface area (Å²) in [5, 5.41) is 9.19. The van der Waals surface area contributed by atoms with Crippen molar-refractivity contribution in [1.29, 1.82) is 0 Å². The van der Waals surface area contributed by atoms with Gasteiger partial charge in [-0.05, 0) is 30.0 Å². The molecule has 30 heavy (non-hydrogen) atoms. The number of carboxylic acid groups (broad SMARTS) is 1. The molecule has 0 radical (unpaired) electrons. The maximum absolute atomic E-state index is 12.8. The number of piperazine rings is 1. The molecule has 2 fully saturated rings. The Morgan fingerprint density at radius 3 is 2.23 bits per heavy atom. The lowest BCUT2D eigenvalue weighted by molar-refractivity contribution is -0.141. The van der Waals surface area contributed by atoms with Crippen molar-refractivity contribution in [2.75, 3.05) is 32.8 Å². The van der Waals surface area contributed by atoms with Crippen molar-refractivity contribution in [3.63, 3.8) is 0 Å². The van der Waals surface area contributed by atoms with Gasteiger partial charge in [0.2, 0.25) is 5.91 Å². The van der Waals surface area contributed by atoms with Crippen molar-refractivity contribution in [3.05, 3.63) is 65.7 Å². The molecule has 1 aliphatic carbocycles. The molecule has 0 bridgehead atoms. The summed E-state index contributed by atoms with van der Waals surface area (Å²) in [5.74, 6) is -0.614. The van der Waals surface area contributed by atoms with Crippen LogP contribution in [0.15, 0.2) is 54.6 Å². The number of carbonyl (C=O) groups excluding carboxylic acids is 2. The Balaban J connectivity index is 1.25. The van der Waals surface area contributed by atoms with E-state index in [1.54, 1.807) is 17.0 Å². The molecule has 4 rings (SSSR count). The molecule has 0 aromatic heterocycles. The third-order valence-electron chi connectivity index (χ3n) is 5.75. The maximum Gasteiger partial charge on any atom is 0.339 e. The van der Waals surface area contributed by atoms with Crippen LogP contribution in [0.2, 0.25) is 0 Å². The number of aromatic carboxylic acids is 1. The summed E-state index contributed by atoms with van der Waals surface area (Å²) in [7, 11) is 0. The molecule has 2 aliphatic rings. The molecule has 2 amide bonds. The van der Waals surface area contributed by atoms with Crippen LogP contribution in [0.3, 0.4) is 0 Å². The second-order valence-corrected chi connectivity index (χ2v) is 7.66. The van der Waals surface area contributed by atoms with Gasteiger partial charge in [-0.1, -0.05) is 42.5 Å². The highest BCUT2D eigenvalue weighted by Gasteiger charge is 2.46. The summed E-state index contributed by atoms with van der Waals surface area (Å²) in [5.41, 5.74) is 1.24. The van der Waals surface area contributed by atoms with Crippen LogP contribution in [0.5, 0.6) is 5.75 Å². The number of hydrogen-bond donors (Lipinski definition) is 1. The van der Waals surface area contributed by atoms with Crippen molar-refractivity contribution in [3.8, 4) is 5.75 Å². The Hall–Kier alpha value is -3.35. The van der Waals surface area contributed by atoms with Crippen LogP contribution in [-0.4, -0.2) is 65.5 Å². The second-order valence-electron chi connectivity index (χ2n) is 7.66. The van der Waals surface area contributed by atoms with Gasteiger partial charge in [0.15, 0.2) is 6.61 Å². The zero-order chi connectivity index (χ0) is 21.1. The van der Waals surface area contributed by atoms with Gasteiger partial charge in [-0.25, -0.2) is 4.79 Å². The summed E-state index contributed by atoms with van der Waals surface area (Å²) in [6.07, 6.45) is 0.888. The van der Waals surface area contributed by atoms with Gasteiger partial charge in [-0.3, -0.25) is 9.59 Å². The fourth-order valence-corrected chi connectivity index (χ4v) is 3.95. The first-order valence-corrected chi connectivity index (χ1v) is 10.1. The molecule has 2 aromatic rings. The molecule has 2 atom stereocenters. The number of carbonyl (C=O) groups is 3. The molecule has 156 valence electrons. The number of ether oxygens (including phenoxy) is 1. The number of nitrogens with zero attached hydrogens (tertiary/aromatic N) is 2. The smallest absolute Gasteiger partial charge is 0.339 e. The number of carboxylic acids is 1. The number of benzene rings is 2. The first-order valence-electron chi connectivity index (χ1n) is 10.1. The Bertz CT molecular complexity index is 938. The van der Waals surface area contributed by atoms with E-state index in [0.717, 1.165) is 6.42 Å². The summed E-state index contributed by atoms with van der Waals surface area (Å²) in [6, 6.07) is 16.3. The van der Waals surface area contributed by atoms with Crippen LogP contribution in [0.1, 0.15) is 28.3 Å². The first kappa shape index (κ1) is 19.9. The highest BCUT2D eigenvalue weighted by Crippen LogP contribution is 2.48. The average Bonchev–Trinajstić information content (AvgIpc) is 3.59. The van der Waals surface area contributed by atoms with Gasteiger partial charge >= 0.3 is 5.97 Å². The predicted octanol–water partition coefficient (Wildman–Crippen LogP) is 2.24. The van der Waals surface area contributed by atoms with Crippen LogP contribution in [-0.2, 0) is 9.59 Å². The van der Waals surface area contributed by atoms with E-state index in [1.165, 1.54) is 17.7 Å². The van der Waals surface area contributed by atoms with E-state index in [-0.39, 0.29) is 35.7 Å². The third-order valence-corrected chi connectivity index (χ3v) is 5.75. The van der Waals surface area contributed by atoms with Crippen LogP contribution < -0.4 is 4.74 Å². The van der Waals surface area contributed by atoms with E-state index in [0.29, 0.717) is 32.1 Å². The fourth-order valence-electron chi connectivity index (χ4n) is 3.95. The zero-order valence-electron chi connectivity index (χ0n) is 16.6. The third kappa shape index (κ3) is 4.30. The van der Waals surface area contributed by atoms with Gasteiger partial charge in [0.25, 0.3) is 5.91 Å². The van der Waals surface area contributed by atoms with Crippen LogP contribution in [0, 0.1) is 5.92 Å². The van der Waals surface area contributed by atoms with Gasteiger partial charge in [0.1, 0.15) is 11.3 Å². The fraction of sp³-hybridized carbons (Fsp3) is 0.348. The van der Waals surface area contributed by atoms with Crippen molar-refractivity contribution >= 4 is 17.8 Å². The van der Waals surface area contributed by atoms with E-state index >= 15 is 0 Å². The van der Waals surface area contributed by atoms with Crippen molar-refractivity contribution < 1.29 is 24.2 Å². The van der Waals surface area contributed by atoms with E-state index in [2.05, 4.69) is 12.1 Å². The Morgan fingerprint density at radius 2 is 1.53 bits per heavy atom. The molecule has 1 saturated carbocycles. The molecule has 1 aliphatic heterocycles. The normalized spacial score (nSPS) is 20.5. The van der Waals surface area contributed by atoms with Crippen molar-refractivity contribution in [2.45, 2.75) is 12.3 Å². The lowest BCUT2D eigenvalue weighted by atomic mass is 10.1. The molecule has 0 unspecified atom stereocenters. The average molecular weight is 408 g/mol. The van der Waals surface area contributed by atoms with Gasteiger partial charge in [0.05, 0.1) is 0 Å². The number of hydrogen-bond acceptors (Lipinski definition) is 4. The van der Waals surface area contributed by atoms with Gasteiger partial charge in [-0.2, -0.15) is 0 Å². The lowest BCUT2D eigenvalue weighted by Gasteiger charge is -2.35. The second kappa shape index (κ2) is 8.57. The zero-order valence-corrected chi connectivity index (χ0v) is 16.6. The molecule has 7 heteroatoms. The van der Waals surface area contributed by atoms with E-state index in [4.69, 9.17) is 4.74 Å². The SMILES string of the molecule is O=C(O)c1ccccc1OCC(=O)N1CCN(C(=O)[C@@H]2C[C@H]2c2ccccc2)CC1. The monoisotopic (exact) mass is 408 g/mol. The topological polar surface area (TPSA) is 87.2 Å². The van der Waals surface area contributed by atoms with Crippen LogP contribution in [0.4, 0.5) is 0 Å². The highest BCUT2D eigenvalue weighted by atomic mass is 16.5. The maximum atomic E-state index is 12.8. The molecular weight excluding hydrogens is 384 g/mol. The standard InChI is InChI=1S/C23H24N2O5/c26-21(15-30-20-9-5-4-8-17(20)23(28)29)24-10-12-25(13-11-24)22(27)19-14-18(19)16-6-2-1-3-7-16/h1-9,18-19H,10-15H2,(H,28,29)/t18-,19+/m0/s1. The largest absolute Gasteiger partial charge is 0.483 e. The Morgan fingerprint density at radius 1 is 0.900 bits per heavy atom. The highest BCUT2D eigenvalue weighted by molar-refractivity contribution is 5.91. The van der Waals surface area contributed by atoms with Gasteiger partial charge in [0, 0.05) is 32.1 Å². The summed E-state index contributed by atoms with van der Waals surface area (Å²) in [4.78, 5) is 40.0. The van der Waals surface area contributed by atoms with Crippen LogP contribution >= 0.6 is 0 Å². The number of rotatable bonds is 6. The first-order chi connectivity index (χ1) is 14.5. The molecule has 0 spiro atoms. The predicted molar refractivity (Wildman–Crippen MR) is 109 cm³/mol. The lowest BCUT2D eigenvalue weighted by Crippen LogP contribution is -2.52. The quantitative estimate of drug-likeness (QED) is 0.792. The van der Waals surface area contributed by atoms with Crippen LogP contribution in [0.25, 0.3) is 0 Å². The molecule has 7 nitrogen and oxygen atoms in total. The van der Waals surface area contributed by atoms with E-state index in [9.17, 15) is 19.5 Å². The minimum atomic E-state index is -1.10. The summed E-state index contributed by atoms with van der Waals surface area (Å²) >= 11 is 0. The van der Waals surface area contributed by atoms with E-state index < -0.39 is 5.97 Å². The van der Waals surface area contributed by atoms with Crippen molar-refractivity contribution in [2.24, 2.45) is 5.92 Å². The molecule has 2 aromatic carbocycles. The number of para-hydroxylation sites is 1.